The summed E-state index contributed by atoms with van der Waals surface area (Å²) in [7, 11) is 0. The summed E-state index contributed by atoms with van der Waals surface area (Å²) in [6.07, 6.45) is -3.57. The van der Waals surface area contributed by atoms with E-state index in [1.807, 2.05) is 0 Å². The monoisotopic (exact) mass is 204 g/mol. The van der Waals surface area contributed by atoms with Crippen LogP contribution in [0.2, 0.25) is 0 Å². The van der Waals surface area contributed by atoms with Crippen molar-refractivity contribution in [3.05, 3.63) is 29.6 Å². The van der Waals surface area contributed by atoms with Crippen LogP contribution in [0, 0.1) is 0 Å². The molecule has 0 spiro atoms. The van der Waals surface area contributed by atoms with Gasteiger partial charge in [0, 0.05) is 6.20 Å². The zero-order valence-electron chi connectivity index (χ0n) is 7.01. The number of primary amides is 1. The molecule has 1 aromatic heterocycles. The second kappa shape index (κ2) is 3.65. The van der Waals surface area contributed by atoms with Crippen LogP contribution in [-0.4, -0.2) is 10.9 Å². The third kappa shape index (κ3) is 2.72. The third-order valence-electron chi connectivity index (χ3n) is 1.49. The predicted octanol–water partition coefficient (Wildman–Crippen LogP) is 1.13. The molecule has 76 valence electrons. The highest BCUT2D eigenvalue weighted by Gasteiger charge is 2.31. The van der Waals surface area contributed by atoms with Crippen LogP contribution in [-0.2, 0) is 17.4 Å². The van der Waals surface area contributed by atoms with Crippen molar-refractivity contribution in [3.63, 3.8) is 0 Å². The Bertz CT molecular complexity index is 331. The van der Waals surface area contributed by atoms with E-state index in [-0.39, 0.29) is 6.42 Å². The molecule has 0 radical (unpaired) electrons. The number of rotatable bonds is 2. The molecule has 0 fully saturated rings. The minimum atomic E-state index is -4.45. The SMILES string of the molecule is NC(=O)Cc1ccc(C(F)(F)F)nc1. The second-order valence-electron chi connectivity index (χ2n) is 2.69. The summed E-state index contributed by atoms with van der Waals surface area (Å²) >= 11 is 0. The first-order valence-electron chi connectivity index (χ1n) is 3.70. The summed E-state index contributed by atoms with van der Waals surface area (Å²) in [4.78, 5) is 13.6. The van der Waals surface area contributed by atoms with Crippen molar-refractivity contribution in [2.24, 2.45) is 5.73 Å². The van der Waals surface area contributed by atoms with Gasteiger partial charge in [0.2, 0.25) is 5.91 Å². The molecule has 0 atom stereocenters. The van der Waals surface area contributed by atoms with Gasteiger partial charge < -0.3 is 5.73 Å². The molecule has 0 unspecified atom stereocenters. The molecular weight excluding hydrogens is 197 g/mol. The number of nitrogens with two attached hydrogens (primary N) is 1. The minimum Gasteiger partial charge on any atom is -0.369 e. The standard InChI is InChI=1S/C8H7F3N2O/c9-8(10,11)6-2-1-5(4-13-6)3-7(12)14/h1-2,4H,3H2,(H2,12,14). The van der Waals surface area contributed by atoms with Crippen molar-refractivity contribution in [1.82, 2.24) is 4.98 Å². The van der Waals surface area contributed by atoms with Crippen LogP contribution in [0.3, 0.4) is 0 Å². The minimum absolute atomic E-state index is 0.106. The number of aromatic nitrogens is 1. The molecule has 0 saturated carbocycles. The van der Waals surface area contributed by atoms with Gasteiger partial charge in [-0.05, 0) is 11.6 Å². The molecule has 1 amide bonds. The maximum absolute atomic E-state index is 12.0. The Balaban J connectivity index is 2.84. The Morgan fingerprint density at radius 3 is 2.43 bits per heavy atom. The first kappa shape index (κ1) is 10.5. The van der Waals surface area contributed by atoms with E-state index in [1.54, 1.807) is 0 Å². The van der Waals surface area contributed by atoms with Gasteiger partial charge in [-0.3, -0.25) is 9.78 Å². The van der Waals surface area contributed by atoms with E-state index in [4.69, 9.17) is 5.73 Å². The van der Waals surface area contributed by atoms with Crippen molar-refractivity contribution in [1.29, 1.82) is 0 Å². The van der Waals surface area contributed by atoms with E-state index >= 15 is 0 Å². The summed E-state index contributed by atoms with van der Waals surface area (Å²) in [5, 5.41) is 0. The number of nitrogens with zero attached hydrogens (tertiary/aromatic N) is 1. The largest absolute Gasteiger partial charge is 0.433 e. The number of pyridine rings is 1. The first-order valence-corrected chi connectivity index (χ1v) is 3.70. The molecule has 0 aliphatic carbocycles. The van der Waals surface area contributed by atoms with Crippen LogP contribution >= 0.6 is 0 Å². The Labute approximate surface area is 77.7 Å². The van der Waals surface area contributed by atoms with Gasteiger partial charge in [0.1, 0.15) is 5.69 Å². The van der Waals surface area contributed by atoms with Gasteiger partial charge in [0.05, 0.1) is 6.42 Å². The van der Waals surface area contributed by atoms with Gasteiger partial charge in [0.25, 0.3) is 0 Å². The smallest absolute Gasteiger partial charge is 0.369 e. The zero-order chi connectivity index (χ0) is 10.8. The van der Waals surface area contributed by atoms with Crippen molar-refractivity contribution in [2.75, 3.05) is 0 Å². The highest BCUT2D eigenvalue weighted by Crippen LogP contribution is 2.27. The molecule has 3 nitrogen and oxygen atoms in total. The summed E-state index contributed by atoms with van der Waals surface area (Å²) < 4.78 is 36.1. The average molecular weight is 204 g/mol. The highest BCUT2D eigenvalue weighted by atomic mass is 19.4. The lowest BCUT2D eigenvalue weighted by atomic mass is 10.2. The number of carbonyl (C=O) groups excluding carboxylic acids is 1. The van der Waals surface area contributed by atoms with Gasteiger partial charge in [-0.1, -0.05) is 6.07 Å². The summed E-state index contributed by atoms with van der Waals surface area (Å²) in [5.41, 5.74) is 4.24. The fourth-order valence-corrected chi connectivity index (χ4v) is 0.898. The van der Waals surface area contributed by atoms with E-state index in [1.165, 1.54) is 6.07 Å². The Morgan fingerprint density at radius 2 is 2.07 bits per heavy atom. The fraction of sp³-hybridized carbons (Fsp3) is 0.250. The summed E-state index contributed by atoms with van der Waals surface area (Å²) in [6.45, 7) is 0. The van der Waals surface area contributed by atoms with Crippen molar-refractivity contribution < 1.29 is 18.0 Å². The van der Waals surface area contributed by atoms with Gasteiger partial charge in [-0.15, -0.1) is 0 Å². The maximum atomic E-state index is 12.0. The Hall–Kier alpha value is -1.59. The lowest BCUT2D eigenvalue weighted by Gasteiger charge is -2.05. The number of carbonyl (C=O) groups is 1. The van der Waals surface area contributed by atoms with Crippen molar-refractivity contribution >= 4 is 5.91 Å². The molecule has 14 heavy (non-hydrogen) atoms. The molecule has 0 saturated heterocycles. The zero-order valence-corrected chi connectivity index (χ0v) is 7.01. The van der Waals surface area contributed by atoms with Crippen molar-refractivity contribution in [2.45, 2.75) is 12.6 Å². The highest BCUT2D eigenvalue weighted by molar-refractivity contribution is 5.76. The van der Waals surface area contributed by atoms with E-state index in [2.05, 4.69) is 4.98 Å². The predicted molar refractivity (Wildman–Crippen MR) is 42.1 cm³/mol. The number of hydrogen-bond acceptors (Lipinski definition) is 2. The number of amides is 1. The van der Waals surface area contributed by atoms with Crippen LogP contribution < -0.4 is 5.73 Å². The van der Waals surface area contributed by atoms with Crippen LogP contribution in [0.1, 0.15) is 11.3 Å². The maximum Gasteiger partial charge on any atom is 0.433 e. The number of alkyl halides is 3. The second-order valence-corrected chi connectivity index (χ2v) is 2.69. The normalized spacial score (nSPS) is 11.4. The lowest BCUT2D eigenvalue weighted by Crippen LogP contribution is -2.14. The van der Waals surface area contributed by atoms with Gasteiger partial charge >= 0.3 is 6.18 Å². The van der Waals surface area contributed by atoms with Crippen LogP contribution in [0.25, 0.3) is 0 Å². The number of hydrogen-bond donors (Lipinski definition) is 1. The molecule has 1 rings (SSSR count). The lowest BCUT2D eigenvalue weighted by molar-refractivity contribution is -0.141. The van der Waals surface area contributed by atoms with Gasteiger partial charge in [-0.25, -0.2) is 0 Å². The summed E-state index contributed by atoms with van der Waals surface area (Å²) in [6, 6.07) is 2.00. The Morgan fingerprint density at radius 1 is 1.43 bits per heavy atom. The molecule has 0 aliphatic heterocycles. The first-order chi connectivity index (χ1) is 6.39. The Kier molecular flexibility index (Phi) is 2.73. The van der Waals surface area contributed by atoms with E-state index in [0.29, 0.717) is 5.56 Å². The average Bonchev–Trinajstić information content (AvgIpc) is 2.02. The molecule has 0 bridgehead atoms. The molecule has 0 aliphatic rings. The molecular formula is C8H7F3N2O. The molecule has 2 N–H and O–H groups in total. The number of halogens is 3. The van der Waals surface area contributed by atoms with E-state index < -0.39 is 17.8 Å². The van der Waals surface area contributed by atoms with Gasteiger partial charge in [-0.2, -0.15) is 13.2 Å². The molecule has 0 aromatic carbocycles. The van der Waals surface area contributed by atoms with E-state index in [9.17, 15) is 18.0 Å². The fourth-order valence-electron chi connectivity index (χ4n) is 0.898. The molecule has 1 aromatic rings. The quantitative estimate of drug-likeness (QED) is 0.784. The van der Waals surface area contributed by atoms with Crippen LogP contribution in [0.4, 0.5) is 13.2 Å². The molecule has 1 heterocycles. The van der Waals surface area contributed by atoms with Crippen LogP contribution in [0.15, 0.2) is 18.3 Å². The van der Waals surface area contributed by atoms with E-state index in [0.717, 1.165) is 12.3 Å². The summed E-state index contributed by atoms with van der Waals surface area (Å²) in [5.74, 6) is -0.605. The molecule has 6 heteroatoms. The van der Waals surface area contributed by atoms with Gasteiger partial charge in [0.15, 0.2) is 0 Å². The van der Waals surface area contributed by atoms with Crippen LogP contribution in [0.5, 0.6) is 0 Å². The topological polar surface area (TPSA) is 56.0 Å². The van der Waals surface area contributed by atoms with Crippen molar-refractivity contribution in [3.8, 4) is 0 Å². The third-order valence-corrected chi connectivity index (χ3v) is 1.49.